The van der Waals surface area contributed by atoms with Crippen LogP contribution >= 0.6 is 15.9 Å². The van der Waals surface area contributed by atoms with Gasteiger partial charge in [-0.2, -0.15) is 0 Å². The molecule has 1 amide bonds. The molecule has 2 N–H and O–H groups in total. The Bertz CT molecular complexity index is 468. The molecule has 1 aromatic rings. The Balaban J connectivity index is 2.70. The minimum absolute atomic E-state index is 0.0519. The third-order valence-electron chi connectivity index (χ3n) is 2.77. The second-order valence-electron chi connectivity index (χ2n) is 4.85. The molecule has 6 heteroatoms. The van der Waals surface area contributed by atoms with Crippen LogP contribution in [0.4, 0.5) is 0 Å². The van der Waals surface area contributed by atoms with E-state index >= 15 is 0 Å². The summed E-state index contributed by atoms with van der Waals surface area (Å²) in [6.45, 7) is 5.80. The van der Waals surface area contributed by atoms with Gasteiger partial charge in [-0.25, -0.2) is 0 Å². The lowest BCUT2D eigenvalue weighted by molar-refractivity contribution is -0.137. The molecule has 0 aliphatic rings. The Hall–Kier alpha value is -1.30. The highest BCUT2D eigenvalue weighted by Crippen LogP contribution is 2.19. The molecule has 0 aromatic carbocycles. The molecule has 0 aliphatic carbocycles. The summed E-state index contributed by atoms with van der Waals surface area (Å²) < 4.78 is 2.73. The number of carbonyl (C=O) groups excluding carboxylic acids is 1. The molecule has 1 aromatic heterocycles. The fraction of sp³-hybridized carbons (Fsp3) is 0.538. The van der Waals surface area contributed by atoms with Gasteiger partial charge in [-0.3, -0.25) is 9.59 Å². The van der Waals surface area contributed by atoms with Crippen molar-refractivity contribution in [1.29, 1.82) is 0 Å². The average molecular weight is 331 g/mol. The highest BCUT2D eigenvalue weighted by atomic mass is 79.9. The van der Waals surface area contributed by atoms with Crippen molar-refractivity contribution in [1.82, 2.24) is 9.88 Å². The largest absolute Gasteiger partial charge is 0.481 e. The maximum absolute atomic E-state index is 12.1. The summed E-state index contributed by atoms with van der Waals surface area (Å²) in [4.78, 5) is 22.6. The van der Waals surface area contributed by atoms with Crippen molar-refractivity contribution in [3.05, 3.63) is 22.4 Å². The number of halogens is 1. The second-order valence-corrected chi connectivity index (χ2v) is 5.77. The lowest BCUT2D eigenvalue weighted by Crippen LogP contribution is -2.34. The molecule has 0 saturated carbocycles. The first-order valence-corrected chi connectivity index (χ1v) is 7.00. The highest BCUT2D eigenvalue weighted by Gasteiger charge is 2.17. The van der Waals surface area contributed by atoms with Crippen LogP contribution in [0.2, 0.25) is 0 Å². The van der Waals surface area contributed by atoms with Gasteiger partial charge in [-0.15, -0.1) is 0 Å². The molecule has 1 heterocycles. The van der Waals surface area contributed by atoms with Gasteiger partial charge < -0.3 is 15.0 Å². The van der Waals surface area contributed by atoms with E-state index in [1.165, 1.54) is 0 Å². The number of carbonyl (C=O) groups is 2. The Morgan fingerprint density at radius 1 is 1.42 bits per heavy atom. The summed E-state index contributed by atoms with van der Waals surface area (Å²) in [6, 6.07) is 1.78. The maximum Gasteiger partial charge on any atom is 0.303 e. The second kappa shape index (κ2) is 6.75. The predicted octanol–water partition coefficient (Wildman–Crippen LogP) is 2.81. The molecular weight excluding hydrogens is 312 g/mol. The molecule has 1 unspecified atom stereocenters. The molecule has 0 saturated heterocycles. The summed E-state index contributed by atoms with van der Waals surface area (Å²) in [5, 5.41) is 11.4. The molecule has 0 fully saturated rings. The Kier molecular flexibility index (Phi) is 5.60. The van der Waals surface area contributed by atoms with Crippen molar-refractivity contribution in [2.24, 2.45) is 0 Å². The molecule has 106 valence electrons. The fourth-order valence-corrected chi connectivity index (χ4v) is 2.20. The van der Waals surface area contributed by atoms with E-state index in [-0.39, 0.29) is 24.4 Å². The number of carboxylic acid groups (broad SMARTS) is 1. The van der Waals surface area contributed by atoms with Gasteiger partial charge in [0, 0.05) is 29.2 Å². The number of rotatable bonds is 6. The van der Waals surface area contributed by atoms with Crippen molar-refractivity contribution in [3.63, 3.8) is 0 Å². The number of hydrogen-bond donors (Lipinski definition) is 2. The van der Waals surface area contributed by atoms with Crippen molar-refractivity contribution < 1.29 is 14.7 Å². The van der Waals surface area contributed by atoms with Gasteiger partial charge >= 0.3 is 5.97 Å². The van der Waals surface area contributed by atoms with E-state index in [1.807, 2.05) is 24.6 Å². The molecule has 1 rings (SSSR count). The van der Waals surface area contributed by atoms with E-state index in [4.69, 9.17) is 5.11 Å². The van der Waals surface area contributed by atoms with Crippen LogP contribution in [0.1, 0.15) is 50.1 Å². The van der Waals surface area contributed by atoms with E-state index in [9.17, 15) is 9.59 Å². The molecule has 19 heavy (non-hydrogen) atoms. The summed E-state index contributed by atoms with van der Waals surface area (Å²) in [7, 11) is 0. The van der Waals surface area contributed by atoms with Crippen LogP contribution in [0, 0.1) is 0 Å². The average Bonchev–Trinajstić information content (AvgIpc) is 2.69. The molecule has 1 atom stereocenters. The summed E-state index contributed by atoms with van der Waals surface area (Å²) in [5.41, 5.74) is 0.573. The number of nitrogens with one attached hydrogen (secondary N) is 1. The van der Waals surface area contributed by atoms with Gasteiger partial charge in [0.1, 0.15) is 5.69 Å². The molecule has 0 bridgehead atoms. The lowest BCUT2D eigenvalue weighted by atomic mass is 10.2. The van der Waals surface area contributed by atoms with Crippen molar-refractivity contribution in [2.75, 3.05) is 0 Å². The first-order valence-electron chi connectivity index (χ1n) is 6.21. The van der Waals surface area contributed by atoms with Crippen LogP contribution in [0.5, 0.6) is 0 Å². The van der Waals surface area contributed by atoms with Crippen molar-refractivity contribution >= 4 is 27.8 Å². The van der Waals surface area contributed by atoms with Crippen LogP contribution in [-0.4, -0.2) is 27.6 Å². The van der Waals surface area contributed by atoms with E-state index < -0.39 is 5.97 Å². The summed E-state index contributed by atoms with van der Waals surface area (Å²) in [6.07, 6.45) is 2.34. The number of hydrogen-bond acceptors (Lipinski definition) is 2. The fourth-order valence-electron chi connectivity index (χ4n) is 1.76. The van der Waals surface area contributed by atoms with E-state index in [1.54, 1.807) is 13.0 Å². The minimum Gasteiger partial charge on any atom is -0.481 e. The first kappa shape index (κ1) is 15.8. The number of aliphatic carboxylic acids is 1. The van der Waals surface area contributed by atoms with E-state index in [2.05, 4.69) is 21.2 Å². The third-order valence-corrected chi connectivity index (χ3v) is 3.21. The van der Waals surface area contributed by atoms with Crippen molar-refractivity contribution in [3.8, 4) is 0 Å². The number of amides is 1. The quantitative estimate of drug-likeness (QED) is 0.842. The van der Waals surface area contributed by atoms with Gasteiger partial charge in [0.15, 0.2) is 0 Å². The lowest BCUT2D eigenvalue weighted by Gasteiger charge is -2.16. The summed E-state index contributed by atoms with van der Waals surface area (Å²) in [5.74, 6) is -1.04. The molecule has 0 aliphatic heterocycles. The van der Waals surface area contributed by atoms with Gasteiger partial charge in [0.05, 0.1) is 0 Å². The van der Waals surface area contributed by atoms with Gasteiger partial charge in [-0.05, 0) is 49.2 Å². The van der Waals surface area contributed by atoms with E-state index in [0.29, 0.717) is 12.1 Å². The topological polar surface area (TPSA) is 71.3 Å². The highest BCUT2D eigenvalue weighted by molar-refractivity contribution is 9.10. The van der Waals surface area contributed by atoms with Gasteiger partial charge in [0.25, 0.3) is 5.91 Å². The number of carboxylic acids is 1. The zero-order valence-corrected chi connectivity index (χ0v) is 12.9. The molecule has 5 nitrogen and oxygen atoms in total. The van der Waals surface area contributed by atoms with Crippen LogP contribution in [0.3, 0.4) is 0 Å². The standard InChI is InChI=1S/C13H19BrN2O3/c1-8(2)16-7-10(14)6-11(16)13(19)15-9(3)4-5-12(17)18/h6-9H,4-5H2,1-3H3,(H,15,19)(H,17,18). The monoisotopic (exact) mass is 330 g/mol. The molecule has 0 radical (unpaired) electrons. The third kappa shape index (κ3) is 4.70. The normalized spacial score (nSPS) is 12.5. The van der Waals surface area contributed by atoms with Gasteiger partial charge in [-0.1, -0.05) is 0 Å². The summed E-state index contributed by atoms with van der Waals surface area (Å²) >= 11 is 3.36. The van der Waals surface area contributed by atoms with Crippen LogP contribution in [0.25, 0.3) is 0 Å². The maximum atomic E-state index is 12.1. The zero-order chi connectivity index (χ0) is 14.6. The zero-order valence-electron chi connectivity index (χ0n) is 11.3. The predicted molar refractivity (Wildman–Crippen MR) is 76.3 cm³/mol. The molecule has 0 spiro atoms. The SMILES string of the molecule is CC(CCC(=O)O)NC(=O)c1cc(Br)cn1C(C)C. The Morgan fingerprint density at radius 2 is 2.05 bits per heavy atom. The minimum atomic E-state index is -0.852. The van der Waals surface area contributed by atoms with Crippen LogP contribution in [-0.2, 0) is 4.79 Å². The molecular formula is C13H19BrN2O3. The van der Waals surface area contributed by atoms with Crippen molar-refractivity contribution in [2.45, 2.75) is 45.7 Å². The van der Waals surface area contributed by atoms with Crippen LogP contribution in [0.15, 0.2) is 16.7 Å². The Labute approximate surface area is 121 Å². The van der Waals surface area contributed by atoms with Gasteiger partial charge in [0.2, 0.25) is 0 Å². The first-order chi connectivity index (χ1) is 8.81. The smallest absolute Gasteiger partial charge is 0.303 e. The van der Waals surface area contributed by atoms with E-state index in [0.717, 1.165) is 4.47 Å². The number of nitrogens with zero attached hydrogens (tertiary/aromatic N) is 1. The number of aromatic nitrogens is 1. The Morgan fingerprint density at radius 3 is 2.58 bits per heavy atom. The van der Waals surface area contributed by atoms with Crippen LogP contribution < -0.4 is 5.32 Å².